The van der Waals surface area contributed by atoms with Crippen LogP contribution in [0.4, 0.5) is 0 Å². The van der Waals surface area contributed by atoms with Gasteiger partial charge in [0.1, 0.15) is 5.75 Å². The van der Waals surface area contributed by atoms with E-state index in [0.29, 0.717) is 11.1 Å². The fraction of sp³-hybridized carbons (Fsp3) is 0.455. The van der Waals surface area contributed by atoms with Crippen molar-refractivity contribution >= 4 is 11.6 Å². The second kappa shape index (κ2) is 3.79. The van der Waals surface area contributed by atoms with E-state index in [2.05, 4.69) is 11.4 Å². The highest BCUT2D eigenvalue weighted by molar-refractivity contribution is 6.32. The van der Waals surface area contributed by atoms with Crippen molar-refractivity contribution in [2.24, 2.45) is 0 Å². The quantitative estimate of drug-likeness (QED) is 0.780. The predicted molar refractivity (Wildman–Crippen MR) is 58.0 cm³/mol. The molecule has 3 heteroatoms. The molecule has 2 nitrogen and oxygen atoms in total. The van der Waals surface area contributed by atoms with Gasteiger partial charge in [0.2, 0.25) is 0 Å². The molecule has 0 bridgehead atoms. The summed E-state index contributed by atoms with van der Waals surface area (Å²) in [5, 5.41) is 3.94. The van der Waals surface area contributed by atoms with Gasteiger partial charge in [0.05, 0.1) is 11.1 Å². The Morgan fingerprint density at radius 2 is 2.21 bits per heavy atom. The monoisotopic (exact) mass is 211 g/mol. The van der Waals surface area contributed by atoms with Gasteiger partial charge in [-0.05, 0) is 31.5 Å². The highest BCUT2D eigenvalue weighted by Crippen LogP contribution is 2.31. The first-order valence-electron chi connectivity index (χ1n) is 4.86. The first kappa shape index (κ1) is 9.81. The van der Waals surface area contributed by atoms with Crippen molar-refractivity contribution in [3.63, 3.8) is 0 Å². The summed E-state index contributed by atoms with van der Waals surface area (Å²) in [4.78, 5) is 0. The zero-order chi connectivity index (χ0) is 10.1. The molecule has 2 rings (SSSR count). The van der Waals surface area contributed by atoms with Crippen LogP contribution in [0.1, 0.15) is 25.5 Å². The van der Waals surface area contributed by atoms with Crippen molar-refractivity contribution in [1.82, 2.24) is 5.32 Å². The van der Waals surface area contributed by atoms with Crippen LogP contribution in [0.2, 0.25) is 5.02 Å². The molecule has 0 saturated carbocycles. The largest absolute Gasteiger partial charge is 0.489 e. The van der Waals surface area contributed by atoms with Gasteiger partial charge in [-0.25, -0.2) is 0 Å². The lowest BCUT2D eigenvalue weighted by molar-refractivity contribution is 0.242. The molecule has 0 aliphatic carbocycles. The third-order valence-electron chi connectivity index (χ3n) is 2.13. The maximum Gasteiger partial charge on any atom is 0.138 e. The Balaban J connectivity index is 2.17. The lowest BCUT2D eigenvalue weighted by atomic mass is 10.1. The summed E-state index contributed by atoms with van der Waals surface area (Å²) in [6.45, 7) is 5.04. The molecule has 1 N–H and O–H groups in total. The second-order valence-corrected chi connectivity index (χ2v) is 4.22. The minimum absolute atomic E-state index is 0.164. The van der Waals surface area contributed by atoms with Crippen LogP contribution < -0.4 is 10.1 Å². The molecule has 1 atom stereocenters. The molecule has 76 valence electrons. The Bertz CT molecular complexity index is 334. The fourth-order valence-electron chi connectivity index (χ4n) is 1.38. The van der Waals surface area contributed by atoms with E-state index in [1.54, 1.807) is 0 Å². The number of hydrogen-bond donors (Lipinski definition) is 1. The average Bonchev–Trinajstić information content (AvgIpc) is 2.90. The van der Waals surface area contributed by atoms with Gasteiger partial charge in [0.15, 0.2) is 0 Å². The molecule has 1 heterocycles. The van der Waals surface area contributed by atoms with E-state index in [0.717, 1.165) is 12.3 Å². The van der Waals surface area contributed by atoms with Crippen LogP contribution >= 0.6 is 11.6 Å². The van der Waals surface area contributed by atoms with Gasteiger partial charge >= 0.3 is 0 Å². The van der Waals surface area contributed by atoms with Gasteiger partial charge in [0, 0.05) is 12.6 Å². The molecular weight excluding hydrogens is 198 g/mol. The molecule has 1 aromatic rings. The maximum absolute atomic E-state index is 6.09. The Morgan fingerprint density at radius 3 is 2.71 bits per heavy atom. The van der Waals surface area contributed by atoms with E-state index in [-0.39, 0.29) is 6.10 Å². The van der Waals surface area contributed by atoms with Crippen LogP contribution in [-0.2, 0) is 0 Å². The van der Waals surface area contributed by atoms with E-state index < -0.39 is 0 Å². The summed E-state index contributed by atoms with van der Waals surface area (Å²) in [5.74, 6) is 0.770. The Labute approximate surface area is 89.2 Å². The Hall–Kier alpha value is -0.730. The summed E-state index contributed by atoms with van der Waals surface area (Å²) in [5.41, 5.74) is 1.24. The van der Waals surface area contributed by atoms with Gasteiger partial charge in [-0.15, -0.1) is 0 Å². The van der Waals surface area contributed by atoms with Crippen molar-refractivity contribution < 1.29 is 4.74 Å². The Morgan fingerprint density at radius 1 is 1.50 bits per heavy atom. The van der Waals surface area contributed by atoms with E-state index >= 15 is 0 Å². The van der Waals surface area contributed by atoms with Crippen LogP contribution in [0.25, 0.3) is 0 Å². The van der Waals surface area contributed by atoms with Crippen molar-refractivity contribution in [2.45, 2.75) is 26.0 Å². The molecule has 0 amide bonds. The number of nitrogens with one attached hydrogen (secondary N) is 1. The number of hydrogen-bond acceptors (Lipinski definition) is 2. The van der Waals surface area contributed by atoms with Crippen LogP contribution in [0.5, 0.6) is 5.75 Å². The summed E-state index contributed by atoms with van der Waals surface area (Å²) < 4.78 is 5.55. The minimum Gasteiger partial charge on any atom is -0.489 e. The number of benzene rings is 1. The standard InChI is InChI=1S/C11H14ClNO/c1-7(2)14-11-4-3-8(5-9(11)12)10-6-13-10/h3-5,7,10,13H,6H2,1-2H3. The maximum atomic E-state index is 6.09. The SMILES string of the molecule is CC(C)Oc1ccc(C2CN2)cc1Cl. The lowest BCUT2D eigenvalue weighted by Crippen LogP contribution is -2.05. The fourth-order valence-corrected chi connectivity index (χ4v) is 1.61. The minimum atomic E-state index is 0.164. The summed E-state index contributed by atoms with van der Waals surface area (Å²) >= 11 is 6.09. The topological polar surface area (TPSA) is 31.2 Å². The van der Waals surface area contributed by atoms with Gasteiger partial charge in [-0.1, -0.05) is 17.7 Å². The van der Waals surface area contributed by atoms with Crippen LogP contribution in [0.15, 0.2) is 18.2 Å². The molecular formula is C11H14ClNO. The van der Waals surface area contributed by atoms with Crippen LogP contribution in [0, 0.1) is 0 Å². The Kier molecular flexibility index (Phi) is 2.66. The highest BCUT2D eigenvalue weighted by atomic mass is 35.5. The third kappa shape index (κ3) is 2.20. The summed E-state index contributed by atoms with van der Waals surface area (Å²) in [7, 11) is 0. The molecule has 14 heavy (non-hydrogen) atoms. The normalized spacial score (nSPS) is 19.9. The molecule has 1 saturated heterocycles. The van der Waals surface area contributed by atoms with Gasteiger partial charge < -0.3 is 10.1 Å². The van der Waals surface area contributed by atoms with Crippen molar-refractivity contribution in [3.05, 3.63) is 28.8 Å². The molecule has 1 aliphatic heterocycles. The van der Waals surface area contributed by atoms with Crippen molar-refractivity contribution in [2.75, 3.05) is 6.54 Å². The molecule has 1 fully saturated rings. The lowest BCUT2D eigenvalue weighted by Gasteiger charge is -2.11. The molecule has 1 unspecified atom stereocenters. The average molecular weight is 212 g/mol. The van der Waals surface area contributed by atoms with E-state index in [4.69, 9.17) is 16.3 Å². The molecule has 0 aromatic heterocycles. The predicted octanol–water partition coefficient (Wildman–Crippen LogP) is 2.77. The highest BCUT2D eigenvalue weighted by Gasteiger charge is 2.22. The number of rotatable bonds is 3. The van der Waals surface area contributed by atoms with E-state index in [1.165, 1.54) is 5.56 Å². The van der Waals surface area contributed by atoms with Gasteiger partial charge in [0.25, 0.3) is 0 Å². The van der Waals surface area contributed by atoms with E-state index in [9.17, 15) is 0 Å². The third-order valence-corrected chi connectivity index (χ3v) is 2.42. The molecule has 1 aromatic carbocycles. The number of ether oxygens (including phenoxy) is 1. The summed E-state index contributed by atoms with van der Waals surface area (Å²) in [6.07, 6.45) is 0.164. The zero-order valence-electron chi connectivity index (χ0n) is 8.38. The van der Waals surface area contributed by atoms with Crippen molar-refractivity contribution in [3.8, 4) is 5.75 Å². The molecule has 1 aliphatic rings. The van der Waals surface area contributed by atoms with Crippen LogP contribution in [0.3, 0.4) is 0 Å². The van der Waals surface area contributed by atoms with Crippen LogP contribution in [-0.4, -0.2) is 12.6 Å². The zero-order valence-corrected chi connectivity index (χ0v) is 9.14. The summed E-state index contributed by atoms with van der Waals surface area (Å²) in [6, 6.07) is 6.48. The second-order valence-electron chi connectivity index (χ2n) is 3.82. The molecule has 0 spiro atoms. The first-order valence-corrected chi connectivity index (χ1v) is 5.24. The molecule has 0 radical (unpaired) electrons. The van der Waals surface area contributed by atoms with E-state index in [1.807, 2.05) is 26.0 Å². The first-order chi connectivity index (χ1) is 6.66. The van der Waals surface area contributed by atoms with Gasteiger partial charge in [-0.3, -0.25) is 0 Å². The van der Waals surface area contributed by atoms with Gasteiger partial charge in [-0.2, -0.15) is 0 Å². The smallest absolute Gasteiger partial charge is 0.138 e. The van der Waals surface area contributed by atoms with Crippen molar-refractivity contribution in [1.29, 1.82) is 0 Å². The number of halogens is 1.